The number of nitrogens with one attached hydrogen (secondary N) is 2. The third-order valence-corrected chi connectivity index (χ3v) is 6.81. The standard InChI is InChI=1S/C20H27N5OS/c26-19(11-10-18-16-4-1-2-5-17(16)24-25-18)23-14-6-8-15(9-7-14)27-20-21-12-3-13-22-20/h3,12-15H,1-2,4-11H2,(H,23,26)(H,24,25). The number of fused-ring (bicyclic) bond motifs is 1. The van der Waals surface area contributed by atoms with E-state index in [9.17, 15) is 4.79 Å². The minimum Gasteiger partial charge on any atom is -0.353 e. The zero-order chi connectivity index (χ0) is 18.5. The molecule has 1 fully saturated rings. The van der Waals surface area contributed by atoms with Crippen molar-refractivity contribution in [2.45, 2.75) is 80.7 Å². The molecule has 0 atom stereocenters. The van der Waals surface area contributed by atoms with Gasteiger partial charge in [0, 0.05) is 42.2 Å². The molecule has 27 heavy (non-hydrogen) atoms. The van der Waals surface area contributed by atoms with Gasteiger partial charge in [0.05, 0.1) is 5.69 Å². The second-order valence-electron chi connectivity index (χ2n) is 7.52. The fourth-order valence-electron chi connectivity index (χ4n) is 4.11. The zero-order valence-electron chi connectivity index (χ0n) is 15.6. The minimum atomic E-state index is 0.157. The molecule has 2 heterocycles. The molecule has 144 valence electrons. The number of H-pyrrole nitrogens is 1. The van der Waals surface area contributed by atoms with Gasteiger partial charge in [-0.25, -0.2) is 9.97 Å². The van der Waals surface area contributed by atoms with E-state index in [2.05, 4.69) is 25.5 Å². The van der Waals surface area contributed by atoms with Crippen LogP contribution >= 0.6 is 11.8 Å². The van der Waals surface area contributed by atoms with Crippen LogP contribution in [0.2, 0.25) is 0 Å². The number of aromatic amines is 1. The summed E-state index contributed by atoms with van der Waals surface area (Å²) >= 11 is 1.76. The first-order valence-corrected chi connectivity index (χ1v) is 10.9. The third-order valence-electron chi connectivity index (χ3n) is 5.58. The Balaban J connectivity index is 1.19. The number of carbonyl (C=O) groups is 1. The fourth-order valence-corrected chi connectivity index (χ4v) is 5.16. The van der Waals surface area contributed by atoms with Gasteiger partial charge in [-0.15, -0.1) is 0 Å². The Bertz CT molecular complexity index is 755. The molecule has 0 aliphatic heterocycles. The number of hydrogen-bond donors (Lipinski definition) is 2. The quantitative estimate of drug-likeness (QED) is 0.746. The predicted molar refractivity (Wildman–Crippen MR) is 106 cm³/mol. The average molecular weight is 386 g/mol. The summed E-state index contributed by atoms with van der Waals surface area (Å²) in [6, 6.07) is 2.15. The van der Waals surface area contributed by atoms with Gasteiger partial charge in [0.1, 0.15) is 0 Å². The topological polar surface area (TPSA) is 83.6 Å². The number of thioether (sulfide) groups is 1. The van der Waals surface area contributed by atoms with Crippen molar-refractivity contribution >= 4 is 17.7 Å². The monoisotopic (exact) mass is 385 g/mol. The Morgan fingerprint density at radius 2 is 1.93 bits per heavy atom. The first kappa shape index (κ1) is 18.5. The zero-order valence-corrected chi connectivity index (χ0v) is 16.4. The molecule has 4 rings (SSSR count). The van der Waals surface area contributed by atoms with Gasteiger partial charge in [-0.1, -0.05) is 11.8 Å². The number of carbonyl (C=O) groups excluding carboxylic acids is 1. The van der Waals surface area contributed by atoms with Crippen LogP contribution in [-0.4, -0.2) is 37.4 Å². The maximum absolute atomic E-state index is 12.4. The van der Waals surface area contributed by atoms with E-state index in [1.54, 1.807) is 24.2 Å². The van der Waals surface area contributed by atoms with Crippen LogP contribution in [0.3, 0.4) is 0 Å². The Hall–Kier alpha value is -1.89. The molecule has 2 N–H and O–H groups in total. The first-order chi connectivity index (χ1) is 13.3. The lowest BCUT2D eigenvalue weighted by atomic mass is 9.94. The number of nitrogens with zero attached hydrogens (tertiary/aromatic N) is 3. The van der Waals surface area contributed by atoms with Crippen LogP contribution in [0.15, 0.2) is 23.6 Å². The van der Waals surface area contributed by atoms with Gasteiger partial charge < -0.3 is 5.32 Å². The van der Waals surface area contributed by atoms with Crippen molar-refractivity contribution in [2.24, 2.45) is 0 Å². The maximum Gasteiger partial charge on any atom is 0.220 e. The van der Waals surface area contributed by atoms with Crippen LogP contribution in [0.1, 0.15) is 61.9 Å². The molecular weight excluding hydrogens is 358 g/mol. The molecular formula is C20H27N5OS. The van der Waals surface area contributed by atoms with E-state index in [-0.39, 0.29) is 5.91 Å². The summed E-state index contributed by atoms with van der Waals surface area (Å²) < 4.78 is 0. The molecule has 0 bridgehead atoms. The number of hydrogen-bond acceptors (Lipinski definition) is 5. The van der Waals surface area contributed by atoms with Crippen molar-refractivity contribution < 1.29 is 4.79 Å². The highest BCUT2D eigenvalue weighted by Gasteiger charge is 2.24. The second kappa shape index (κ2) is 8.87. The van der Waals surface area contributed by atoms with Crippen molar-refractivity contribution in [3.05, 3.63) is 35.4 Å². The van der Waals surface area contributed by atoms with Crippen LogP contribution in [-0.2, 0) is 24.1 Å². The van der Waals surface area contributed by atoms with Crippen molar-refractivity contribution in [1.82, 2.24) is 25.5 Å². The molecule has 1 saturated carbocycles. The summed E-state index contributed by atoms with van der Waals surface area (Å²) in [5.74, 6) is 0.157. The van der Waals surface area contributed by atoms with Gasteiger partial charge in [-0.3, -0.25) is 9.89 Å². The van der Waals surface area contributed by atoms with Gasteiger partial charge in [0.15, 0.2) is 5.16 Å². The highest BCUT2D eigenvalue weighted by molar-refractivity contribution is 7.99. The smallest absolute Gasteiger partial charge is 0.220 e. The SMILES string of the molecule is O=C(CCc1n[nH]c2c1CCCC2)NC1CCC(Sc2ncccn2)CC1. The molecule has 0 radical (unpaired) electrons. The summed E-state index contributed by atoms with van der Waals surface area (Å²) in [7, 11) is 0. The Morgan fingerprint density at radius 3 is 2.74 bits per heavy atom. The van der Waals surface area contributed by atoms with Crippen LogP contribution in [0, 0.1) is 0 Å². The third kappa shape index (κ3) is 4.89. The van der Waals surface area contributed by atoms with Crippen molar-refractivity contribution in [2.75, 3.05) is 0 Å². The lowest BCUT2D eigenvalue weighted by Gasteiger charge is -2.28. The lowest BCUT2D eigenvalue weighted by molar-refractivity contribution is -0.122. The predicted octanol–water partition coefficient (Wildman–Crippen LogP) is 3.23. The molecule has 0 unspecified atom stereocenters. The molecule has 7 heteroatoms. The summed E-state index contributed by atoms with van der Waals surface area (Å²) in [5, 5.41) is 12.2. The van der Waals surface area contributed by atoms with Crippen molar-refractivity contribution in [1.29, 1.82) is 0 Å². The number of aryl methyl sites for hydroxylation is 2. The molecule has 0 aromatic carbocycles. The molecule has 2 aromatic rings. The highest BCUT2D eigenvalue weighted by Crippen LogP contribution is 2.31. The van der Waals surface area contributed by atoms with Gasteiger partial charge in [-0.2, -0.15) is 5.10 Å². The largest absolute Gasteiger partial charge is 0.353 e. The van der Waals surface area contributed by atoms with E-state index in [1.165, 1.54) is 24.1 Å². The van der Waals surface area contributed by atoms with E-state index < -0.39 is 0 Å². The van der Waals surface area contributed by atoms with Gasteiger partial charge in [0.2, 0.25) is 5.91 Å². The van der Waals surface area contributed by atoms with E-state index in [0.29, 0.717) is 17.7 Å². The average Bonchev–Trinajstić information content (AvgIpc) is 3.12. The minimum absolute atomic E-state index is 0.157. The highest BCUT2D eigenvalue weighted by atomic mass is 32.2. The summed E-state index contributed by atoms with van der Waals surface area (Å²) in [4.78, 5) is 21.0. The molecule has 2 aliphatic rings. The molecule has 6 nitrogen and oxygen atoms in total. The van der Waals surface area contributed by atoms with E-state index in [0.717, 1.165) is 55.8 Å². The van der Waals surface area contributed by atoms with Gasteiger partial charge in [0.25, 0.3) is 0 Å². The number of amides is 1. The summed E-state index contributed by atoms with van der Waals surface area (Å²) in [5.41, 5.74) is 3.76. The maximum atomic E-state index is 12.4. The molecule has 2 aliphatic carbocycles. The summed E-state index contributed by atoms with van der Waals surface area (Å²) in [6.07, 6.45) is 13.8. The second-order valence-corrected chi connectivity index (χ2v) is 8.79. The Morgan fingerprint density at radius 1 is 1.15 bits per heavy atom. The molecule has 2 aromatic heterocycles. The molecule has 0 spiro atoms. The van der Waals surface area contributed by atoms with Gasteiger partial charge in [-0.05, 0) is 63.0 Å². The van der Waals surface area contributed by atoms with Gasteiger partial charge >= 0.3 is 0 Å². The molecule has 1 amide bonds. The van der Waals surface area contributed by atoms with E-state index in [4.69, 9.17) is 0 Å². The Labute approximate surface area is 164 Å². The van der Waals surface area contributed by atoms with Crippen molar-refractivity contribution in [3.8, 4) is 0 Å². The number of rotatable bonds is 6. The van der Waals surface area contributed by atoms with E-state index >= 15 is 0 Å². The summed E-state index contributed by atoms with van der Waals surface area (Å²) in [6.45, 7) is 0. The lowest BCUT2D eigenvalue weighted by Crippen LogP contribution is -2.38. The number of aromatic nitrogens is 4. The van der Waals surface area contributed by atoms with Crippen molar-refractivity contribution in [3.63, 3.8) is 0 Å². The normalized spacial score (nSPS) is 22.2. The first-order valence-electron chi connectivity index (χ1n) is 10.1. The fraction of sp³-hybridized carbons (Fsp3) is 0.600. The van der Waals surface area contributed by atoms with E-state index in [1.807, 2.05) is 6.07 Å². The molecule has 0 saturated heterocycles. The Kier molecular flexibility index (Phi) is 6.07. The van der Waals surface area contributed by atoms with Crippen LogP contribution in [0.25, 0.3) is 0 Å². The van der Waals surface area contributed by atoms with Crippen LogP contribution in [0.5, 0.6) is 0 Å². The van der Waals surface area contributed by atoms with Crippen LogP contribution < -0.4 is 5.32 Å². The van der Waals surface area contributed by atoms with Crippen LogP contribution in [0.4, 0.5) is 0 Å².